The van der Waals surface area contributed by atoms with Gasteiger partial charge in [-0.25, -0.2) is 8.42 Å². The lowest BCUT2D eigenvalue weighted by atomic mass is 10.4. The summed E-state index contributed by atoms with van der Waals surface area (Å²) in [7, 11) is -2.28. The van der Waals surface area contributed by atoms with Crippen molar-refractivity contribution < 1.29 is 18.3 Å². The third-order valence-corrected chi connectivity index (χ3v) is 6.00. The molecule has 0 fully saturated rings. The predicted octanol–water partition coefficient (Wildman–Crippen LogP) is 1.81. The molecule has 0 spiro atoms. The SMILES string of the molecule is Cc1cc(S(=O)(=O)N(C)CCC(=O)O)sc1Cl. The number of carboxylic acids is 1. The molecule has 0 unspecified atom stereocenters. The number of sulfonamides is 1. The van der Waals surface area contributed by atoms with Gasteiger partial charge < -0.3 is 5.11 Å². The van der Waals surface area contributed by atoms with Crippen molar-refractivity contribution in [1.82, 2.24) is 4.31 Å². The first kappa shape index (κ1) is 14.4. The maximum Gasteiger partial charge on any atom is 0.304 e. The summed E-state index contributed by atoms with van der Waals surface area (Å²) in [5.41, 5.74) is 0.696. The molecule has 0 bridgehead atoms. The van der Waals surface area contributed by atoms with Gasteiger partial charge in [0.1, 0.15) is 4.21 Å². The molecule has 0 saturated carbocycles. The zero-order chi connectivity index (χ0) is 13.2. The molecule has 0 amide bonds. The van der Waals surface area contributed by atoms with Crippen molar-refractivity contribution in [3.8, 4) is 0 Å². The van der Waals surface area contributed by atoms with Crippen LogP contribution in [-0.4, -0.2) is 37.4 Å². The molecule has 5 nitrogen and oxygen atoms in total. The maximum atomic E-state index is 12.0. The lowest BCUT2D eigenvalue weighted by molar-refractivity contribution is -0.137. The van der Waals surface area contributed by atoms with Crippen LogP contribution in [0.15, 0.2) is 10.3 Å². The monoisotopic (exact) mass is 297 g/mol. The summed E-state index contributed by atoms with van der Waals surface area (Å²) in [5.74, 6) is -1.03. The van der Waals surface area contributed by atoms with E-state index in [1.807, 2.05) is 0 Å². The molecule has 96 valence electrons. The molecule has 0 aliphatic rings. The number of carbonyl (C=O) groups is 1. The number of hydrogen-bond donors (Lipinski definition) is 1. The van der Waals surface area contributed by atoms with Gasteiger partial charge >= 0.3 is 5.97 Å². The average Bonchev–Trinajstić information content (AvgIpc) is 2.56. The summed E-state index contributed by atoms with van der Waals surface area (Å²) in [4.78, 5) is 10.4. The second-order valence-electron chi connectivity index (χ2n) is 3.49. The van der Waals surface area contributed by atoms with Crippen LogP contribution in [0, 0.1) is 6.92 Å². The summed E-state index contributed by atoms with van der Waals surface area (Å²) in [6.45, 7) is 1.65. The molecule has 1 N–H and O–H groups in total. The topological polar surface area (TPSA) is 74.7 Å². The molecule has 1 aromatic rings. The third-order valence-electron chi connectivity index (χ3n) is 2.14. The largest absolute Gasteiger partial charge is 0.481 e. The van der Waals surface area contributed by atoms with Gasteiger partial charge in [-0.15, -0.1) is 11.3 Å². The van der Waals surface area contributed by atoms with Crippen LogP contribution in [0.1, 0.15) is 12.0 Å². The van der Waals surface area contributed by atoms with Crippen molar-refractivity contribution in [2.45, 2.75) is 17.6 Å². The van der Waals surface area contributed by atoms with Crippen LogP contribution in [0.3, 0.4) is 0 Å². The number of nitrogens with zero attached hydrogens (tertiary/aromatic N) is 1. The first-order valence-corrected chi connectivity index (χ1v) is 7.32. The van der Waals surface area contributed by atoms with Crippen molar-refractivity contribution in [3.05, 3.63) is 16.0 Å². The van der Waals surface area contributed by atoms with Gasteiger partial charge in [-0.2, -0.15) is 4.31 Å². The Morgan fingerprint density at radius 3 is 2.59 bits per heavy atom. The molecule has 8 heteroatoms. The minimum absolute atomic E-state index is 0.0633. The number of aryl methyl sites for hydroxylation is 1. The minimum atomic E-state index is -3.63. The molecule has 0 aliphatic carbocycles. The van der Waals surface area contributed by atoms with E-state index >= 15 is 0 Å². The van der Waals surface area contributed by atoms with Crippen molar-refractivity contribution >= 4 is 38.9 Å². The Bertz CT molecular complexity index is 504. The summed E-state index contributed by atoms with van der Waals surface area (Å²) in [6.07, 6.45) is -0.228. The number of halogens is 1. The van der Waals surface area contributed by atoms with E-state index in [9.17, 15) is 13.2 Å². The average molecular weight is 298 g/mol. The molecular weight excluding hydrogens is 286 g/mol. The Morgan fingerprint density at radius 1 is 1.59 bits per heavy atom. The Balaban J connectivity index is 2.91. The molecule has 0 atom stereocenters. The van der Waals surface area contributed by atoms with Crippen LogP contribution in [0.2, 0.25) is 4.34 Å². The van der Waals surface area contributed by atoms with Crippen molar-refractivity contribution in [2.75, 3.05) is 13.6 Å². The normalized spacial score (nSPS) is 12.0. The van der Waals surface area contributed by atoms with Gasteiger partial charge in [-0.1, -0.05) is 11.6 Å². The van der Waals surface area contributed by atoms with Gasteiger partial charge in [0.05, 0.1) is 10.8 Å². The van der Waals surface area contributed by atoms with Gasteiger partial charge in [-0.05, 0) is 18.6 Å². The molecule has 1 rings (SSSR count). The summed E-state index contributed by atoms with van der Waals surface area (Å²) in [5, 5.41) is 8.51. The van der Waals surface area contributed by atoms with Gasteiger partial charge in [-0.3, -0.25) is 4.79 Å². The Labute approximate surface area is 109 Å². The van der Waals surface area contributed by atoms with Crippen LogP contribution in [0.25, 0.3) is 0 Å². The predicted molar refractivity (Wildman–Crippen MR) is 66.1 cm³/mol. The lowest BCUT2D eigenvalue weighted by Gasteiger charge is -2.14. The molecule has 1 heterocycles. The van der Waals surface area contributed by atoms with Gasteiger partial charge in [0.15, 0.2) is 0 Å². The summed E-state index contributed by atoms with van der Waals surface area (Å²) < 4.78 is 25.6. The highest BCUT2D eigenvalue weighted by molar-refractivity contribution is 7.91. The fraction of sp³-hybridized carbons (Fsp3) is 0.444. The molecule has 1 aromatic heterocycles. The van der Waals surface area contributed by atoms with E-state index in [4.69, 9.17) is 16.7 Å². The number of hydrogen-bond acceptors (Lipinski definition) is 4. The molecular formula is C9H12ClNO4S2. The fourth-order valence-electron chi connectivity index (χ4n) is 1.09. The smallest absolute Gasteiger partial charge is 0.304 e. The first-order valence-electron chi connectivity index (χ1n) is 4.69. The molecule has 0 aliphatic heterocycles. The third kappa shape index (κ3) is 3.41. The van der Waals surface area contributed by atoms with E-state index in [0.717, 1.165) is 15.6 Å². The fourth-order valence-corrected chi connectivity index (χ4v) is 4.18. The number of rotatable bonds is 5. The van der Waals surface area contributed by atoms with E-state index in [-0.39, 0.29) is 17.2 Å². The molecule has 0 aromatic carbocycles. The van der Waals surface area contributed by atoms with Crippen LogP contribution >= 0.6 is 22.9 Å². The second kappa shape index (κ2) is 5.34. The Morgan fingerprint density at radius 2 is 2.18 bits per heavy atom. The van der Waals surface area contributed by atoms with E-state index < -0.39 is 16.0 Å². The Kier molecular flexibility index (Phi) is 4.54. The van der Waals surface area contributed by atoms with E-state index in [1.165, 1.54) is 13.1 Å². The minimum Gasteiger partial charge on any atom is -0.481 e. The second-order valence-corrected chi connectivity index (χ2v) is 7.42. The number of aliphatic carboxylic acids is 1. The van der Waals surface area contributed by atoms with Crippen LogP contribution in [0.4, 0.5) is 0 Å². The summed E-state index contributed by atoms with van der Waals surface area (Å²) in [6, 6.07) is 1.49. The van der Waals surface area contributed by atoms with Crippen LogP contribution in [0.5, 0.6) is 0 Å². The quantitative estimate of drug-likeness (QED) is 0.899. The van der Waals surface area contributed by atoms with Crippen molar-refractivity contribution in [2.24, 2.45) is 0 Å². The van der Waals surface area contributed by atoms with Crippen molar-refractivity contribution in [3.63, 3.8) is 0 Å². The number of carboxylic acid groups (broad SMARTS) is 1. The number of thiophene rings is 1. The molecule has 17 heavy (non-hydrogen) atoms. The van der Waals surface area contributed by atoms with Gasteiger partial charge in [0.25, 0.3) is 10.0 Å². The maximum absolute atomic E-state index is 12.0. The Hall–Kier alpha value is -0.630. The van der Waals surface area contributed by atoms with E-state index in [2.05, 4.69) is 0 Å². The van der Waals surface area contributed by atoms with E-state index in [0.29, 0.717) is 9.90 Å². The first-order chi connectivity index (χ1) is 7.75. The van der Waals surface area contributed by atoms with Crippen LogP contribution < -0.4 is 0 Å². The summed E-state index contributed by atoms with van der Waals surface area (Å²) >= 11 is 6.78. The molecule has 0 radical (unpaired) electrons. The lowest BCUT2D eigenvalue weighted by Crippen LogP contribution is -2.28. The van der Waals surface area contributed by atoms with Gasteiger partial charge in [0, 0.05) is 13.6 Å². The highest BCUT2D eigenvalue weighted by Crippen LogP contribution is 2.31. The van der Waals surface area contributed by atoms with Gasteiger partial charge in [0.2, 0.25) is 0 Å². The van der Waals surface area contributed by atoms with E-state index in [1.54, 1.807) is 6.92 Å². The zero-order valence-corrected chi connectivity index (χ0v) is 11.7. The zero-order valence-electron chi connectivity index (χ0n) is 9.31. The standard InChI is InChI=1S/C9H12ClNO4S2/c1-6-5-8(16-9(6)10)17(14,15)11(2)4-3-7(12)13/h5H,3-4H2,1-2H3,(H,12,13). The highest BCUT2D eigenvalue weighted by Gasteiger charge is 2.24. The van der Waals surface area contributed by atoms with Crippen LogP contribution in [-0.2, 0) is 14.8 Å². The highest BCUT2D eigenvalue weighted by atomic mass is 35.5. The van der Waals surface area contributed by atoms with Crippen molar-refractivity contribution in [1.29, 1.82) is 0 Å². The molecule has 0 saturated heterocycles.